The number of phenols is 1. The standard InChI is InChI=1S/C37H40ClNO2/c38-35-20-16-31(17-21-35)12-13-32-18-22-37(23-19-32)41-29-8-6-4-2-1-3-5-7-26-39-27-24-33(25-28-39)14-15-34-10-9-11-36(40)30-34/h9-25,27-28,30H,1-8,26,29H2/p+1/b13-12+,15-14+. The molecule has 0 radical (unpaired) electrons. The SMILES string of the molecule is Oc1cccc(/C=C/c2cc[n+](CCCCCCCCCCOc3ccc(/C=C/c4ccc(Cl)cc4)cc3)cc2)c1. The minimum atomic E-state index is 0.293. The number of ether oxygens (including phenoxy) is 1. The first-order valence-corrected chi connectivity index (χ1v) is 15.1. The second-order valence-corrected chi connectivity index (χ2v) is 10.9. The first kappa shape index (κ1) is 30.1. The van der Waals surface area contributed by atoms with Gasteiger partial charge in [-0.3, -0.25) is 0 Å². The van der Waals surface area contributed by atoms with Gasteiger partial charge in [-0.25, -0.2) is 4.57 Å². The predicted molar refractivity (Wildman–Crippen MR) is 173 cm³/mol. The van der Waals surface area contributed by atoms with Gasteiger partial charge in [0.15, 0.2) is 12.4 Å². The molecule has 0 saturated heterocycles. The molecule has 1 heterocycles. The summed E-state index contributed by atoms with van der Waals surface area (Å²) in [5, 5.41) is 10.3. The van der Waals surface area contributed by atoms with Crippen LogP contribution in [0.5, 0.6) is 11.5 Å². The van der Waals surface area contributed by atoms with E-state index in [-0.39, 0.29) is 0 Å². The van der Waals surface area contributed by atoms with Gasteiger partial charge in [-0.05, 0) is 71.5 Å². The van der Waals surface area contributed by atoms with Gasteiger partial charge >= 0.3 is 0 Å². The Labute approximate surface area is 250 Å². The number of benzene rings is 3. The Morgan fingerprint density at radius 3 is 1.76 bits per heavy atom. The van der Waals surface area contributed by atoms with Crippen molar-refractivity contribution in [3.8, 4) is 11.5 Å². The second-order valence-electron chi connectivity index (χ2n) is 10.4. The zero-order valence-corrected chi connectivity index (χ0v) is 24.6. The van der Waals surface area contributed by atoms with E-state index >= 15 is 0 Å². The molecule has 0 unspecified atom stereocenters. The van der Waals surface area contributed by atoms with Crippen molar-refractivity contribution in [3.05, 3.63) is 125 Å². The van der Waals surface area contributed by atoms with E-state index in [4.69, 9.17) is 16.3 Å². The summed E-state index contributed by atoms with van der Waals surface area (Å²) in [6.07, 6.45) is 22.6. The normalized spacial score (nSPS) is 11.4. The summed E-state index contributed by atoms with van der Waals surface area (Å²) >= 11 is 5.94. The van der Waals surface area contributed by atoms with E-state index in [1.54, 1.807) is 12.1 Å². The van der Waals surface area contributed by atoms with Crippen LogP contribution in [-0.2, 0) is 6.54 Å². The van der Waals surface area contributed by atoms with Crippen LogP contribution in [0.2, 0.25) is 5.02 Å². The number of hydrogen-bond donors (Lipinski definition) is 1. The topological polar surface area (TPSA) is 33.3 Å². The van der Waals surface area contributed by atoms with Gasteiger partial charge in [-0.15, -0.1) is 0 Å². The Morgan fingerprint density at radius 1 is 0.585 bits per heavy atom. The van der Waals surface area contributed by atoms with Gasteiger partial charge < -0.3 is 9.84 Å². The van der Waals surface area contributed by atoms with Gasteiger partial charge in [-0.1, -0.05) is 104 Å². The highest BCUT2D eigenvalue weighted by Gasteiger charge is 2.01. The lowest BCUT2D eigenvalue weighted by atomic mass is 10.1. The number of phenolic OH excluding ortho intramolecular Hbond substituents is 1. The predicted octanol–water partition coefficient (Wildman–Crippen LogP) is 9.87. The van der Waals surface area contributed by atoms with Crippen LogP contribution < -0.4 is 9.30 Å². The van der Waals surface area contributed by atoms with Gasteiger partial charge in [-0.2, -0.15) is 0 Å². The molecule has 3 nitrogen and oxygen atoms in total. The number of aromatic hydroxyl groups is 1. The zero-order chi connectivity index (χ0) is 28.5. The number of halogens is 1. The number of pyridine rings is 1. The summed E-state index contributed by atoms with van der Waals surface area (Å²) in [5.41, 5.74) is 4.44. The molecular formula is C37H41ClNO2+. The van der Waals surface area contributed by atoms with Crippen LogP contribution in [-0.4, -0.2) is 11.7 Å². The monoisotopic (exact) mass is 566 g/mol. The molecule has 4 rings (SSSR count). The molecular weight excluding hydrogens is 526 g/mol. The molecule has 1 N–H and O–H groups in total. The van der Waals surface area contributed by atoms with Crippen LogP contribution in [0.1, 0.15) is 73.6 Å². The van der Waals surface area contributed by atoms with Crippen LogP contribution in [0.3, 0.4) is 0 Å². The third-order valence-corrected chi connectivity index (χ3v) is 7.31. The Balaban J connectivity index is 0.991. The van der Waals surface area contributed by atoms with E-state index in [9.17, 15) is 5.11 Å². The van der Waals surface area contributed by atoms with E-state index in [1.165, 1.54) is 44.9 Å². The van der Waals surface area contributed by atoms with Crippen molar-refractivity contribution < 1.29 is 14.4 Å². The van der Waals surface area contributed by atoms with Gasteiger partial charge in [0, 0.05) is 23.6 Å². The van der Waals surface area contributed by atoms with Crippen LogP contribution in [0, 0.1) is 0 Å². The number of hydrogen-bond acceptors (Lipinski definition) is 2. The quantitative estimate of drug-likeness (QED) is 0.0831. The summed E-state index contributed by atoms with van der Waals surface area (Å²) in [5.74, 6) is 1.23. The van der Waals surface area contributed by atoms with E-state index in [0.717, 1.165) is 52.6 Å². The van der Waals surface area contributed by atoms with Gasteiger partial charge in [0.25, 0.3) is 0 Å². The summed E-state index contributed by atoms with van der Waals surface area (Å²) in [4.78, 5) is 0. The molecule has 3 aromatic carbocycles. The Kier molecular flexibility index (Phi) is 12.6. The maximum Gasteiger partial charge on any atom is 0.169 e. The number of aryl methyl sites for hydroxylation is 1. The lowest BCUT2D eigenvalue weighted by Crippen LogP contribution is -2.32. The molecule has 4 aromatic rings. The molecule has 0 amide bonds. The van der Waals surface area contributed by atoms with E-state index in [2.05, 4.69) is 59.5 Å². The van der Waals surface area contributed by atoms with E-state index in [1.807, 2.05) is 54.6 Å². The molecule has 0 saturated carbocycles. The van der Waals surface area contributed by atoms with Crippen molar-refractivity contribution in [3.63, 3.8) is 0 Å². The van der Waals surface area contributed by atoms with Crippen molar-refractivity contribution in [1.29, 1.82) is 0 Å². The number of nitrogens with zero attached hydrogens (tertiary/aromatic N) is 1. The van der Waals surface area contributed by atoms with Gasteiger partial charge in [0.1, 0.15) is 18.0 Å². The number of unbranched alkanes of at least 4 members (excludes halogenated alkanes) is 7. The average molecular weight is 567 g/mol. The van der Waals surface area contributed by atoms with E-state index in [0.29, 0.717) is 5.75 Å². The van der Waals surface area contributed by atoms with Crippen molar-refractivity contribution >= 4 is 35.9 Å². The maximum atomic E-state index is 9.58. The Hall–Kier alpha value is -3.82. The number of aromatic nitrogens is 1. The molecule has 0 aliphatic heterocycles. The van der Waals surface area contributed by atoms with Crippen molar-refractivity contribution in [2.75, 3.05) is 6.61 Å². The van der Waals surface area contributed by atoms with Crippen LogP contribution in [0.4, 0.5) is 0 Å². The summed E-state index contributed by atoms with van der Waals surface area (Å²) in [6.45, 7) is 1.84. The van der Waals surface area contributed by atoms with Crippen LogP contribution >= 0.6 is 11.6 Å². The highest BCUT2D eigenvalue weighted by molar-refractivity contribution is 6.30. The molecule has 1 aromatic heterocycles. The Morgan fingerprint density at radius 2 is 1.12 bits per heavy atom. The Bertz CT molecular complexity index is 1360. The van der Waals surface area contributed by atoms with Crippen LogP contribution in [0.15, 0.2) is 97.3 Å². The van der Waals surface area contributed by atoms with Crippen molar-refractivity contribution in [2.24, 2.45) is 0 Å². The summed E-state index contributed by atoms with van der Waals surface area (Å²) in [6, 6.07) is 27.7. The highest BCUT2D eigenvalue weighted by Crippen LogP contribution is 2.17. The average Bonchev–Trinajstić information content (AvgIpc) is 3.00. The smallest absolute Gasteiger partial charge is 0.169 e. The van der Waals surface area contributed by atoms with Crippen molar-refractivity contribution in [1.82, 2.24) is 0 Å². The third kappa shape index (κ3) is 11.7. The number of rotatable bonds is 16. The fourth-order valence-electron chi connectivity index (χ4n) is 4.64. The fraction of sp³-hybridized carbons (Fsp3) is 0.270. The van der Waals surface area contributed by atoms with Gasteiger partial charge in [0.2, 0.25) is 0 Å². The molecule has 212 valence electrons. The lowest BCUT2D eigenvalue weighted by molar-refractivity contribution is -0.697. The van der Waals surface area contributed by atoms with Crippen molar-refractivity contribution in [2.45, 2.75) is 57.9 Å². The molecule has 0 aliphatic rings. The molecule has 4 heteroatoms. The molecule has 0 atom stereocenters. The fourth-order valence-corrected chi connectivity index (χ4v) is 4.76. The highest BCUT2D eigenvalue weighted by atomic mass is 35.5. The molecule has 0 fully saturated rings. The largest absolute Gasteiger partial charge is 0.508 e. The second kappa shape index (κ2) is 17.1. The first-order chi connectivity index (χ1) is 20.1. The molecule has 0 bridgehead atoms. The molecule has 0 spiro atoms. The third-order valence-electron chi connectivity index (χ3n) is 7.05. The summed E-state index contributed by atoms with van der Waals surface area (Å²) in [7, 11) is 0. The minimum absolute atomic E-state index is 0.293. The first-order valence-electron chi connectivity index (χ1n) is 14.8. The summed E-state index contributed by atoms with van der Waals surface area (Å²) < 4.78 is 8.19. The maximum absolute atomic E-state index is 9.58. The molecule has 0 aliphatic carbocycles. The zero-order valence-electron chi connectivity index (χ0n) is 23.8. The lowest BCUT2D eigenvalue weighted by Gasteiger charge is -2.06. The van der Waals surface area contributed by atoms with E-state index < -0.39 is 0 Å². The minimum Gasteiger partial charge on any atom is -0.508 e. The molecule has 41 heavy (non-hydrogen) atoms. The van der Waals surface area contributed by atoms with Crippen LogP contribution in [0.25, 0.3) is 24.3 Å². The van der Waals surface area contributed by atoms with Gasteiger partial charge in [0.05, 0.1) is 6.61 Å².